The van der Waals surface area contributed by atoms with E-state index in [0.717, 1.165) is 4.52 Å². The molecule has 0 radical (unpaired) electrons. The van der Waals surface area contributed by atoms with E-state index < -0.39 is 5.97 Å². The second-order valence-electron chi connectivity index (χ2n) is 3.17. The van der Waals surface area contributed by atoms with Gasteiger partial charge in [0.25, 0.3) is 5.56 Å². The number of aromatic nitrogens is 3. The van der Waals surface area contributed by atoms with E-state index in [1.165, 1.54) is 19.4 Å². The lowest BCUT2D eigenvalue weighted by Gasteiger charge is -1.99. The highest BCUT2D eigenvalue weighted by Crippen LogP contribution is 2.06. The average Bonchev–Trinajstić information content (AvgIpc) is 2.62. The third-order valence-corrected chi connectivity index (χ3v) is 2.07. The number of rotatable bonds is 3. The maximum atomic E-state index is 11.6. The number of aromatic carboxylic acids is 1. The van der Waals surface area contributed by atoms with Crippen molar-refractivity contribution in [3.05, 3.63) is 33.9 Å². The van der Waals surface area contributed by atoms with E-state index in [1.807, 2.05) is 0 Å². The minimum atomic E-state index is -1.14. The molecule has 2 N–H and O–H groups in total. The van der Waals surface area contributed by atoms with Gasteiger partial charge in [-0.1, -0.05) is 0 Å². The largest absolute Gasteiger partial charge is 0.477 e. The van der Waals surface area contributed by atoms with Crippen LogP contribution in [-0.4, -0.2) is 32.8 Å². The Balaban J connectivity index is 2.71. The predicted octanol–water partition coefficient (Wildman–Crippen LogP) is -0.133. The Bertz CT molecular complexity index is 598. The number of hydrogen-bond acceptors (Lipinski definition) is 4. The quantitative estimate of drug-likeness (QED) is 0.755. The first kappa shape index (κ1) is 10.4. The Kier molecular flexibility index (Phi) is 2.45. The van der Waals surface area contributed by atoms with Crippen LogP contribution in [0.2, 0.25) is 0 Å². The molecule has 0 aromatic carbocycles. The summed E-state index contributed by atoms with van der Waals surface area (Å²) in [6.45, 7) is 0.163. The van der Waals surface area contributed by atoms with Crippen LogP contribution in [0.3, 0.4) is 0 Å². The first-order valence-electron chi connectivity index (χ1n) is 4.46. The Morgan fingerprint density at radius 1 is 1.69 bits per heavy atom. The fourth-order valence-corrected chi connectivity index (χ4v) is 1.41. The van der Waals surface area contributed by atoms with Gasteiger partial charge in [-0.15, -0.1) is 0 Å². The molecule has 0 aliphatic heterocycles. The average molecular weight is 223 g/mol. The van der Waals surface area contributed by atoms with E-state index in [0.29, 0.717) is 5.69 Å². The molecule has 0 aliphatic rings. The fraction of sp³-hybridized carbons (Fsp3) is 0.222. The summed E-state index contributed by atoms with van der Waals surface area (Å²) in [5, 5.41) is 11.4. The van der Waals surface area contributed by atoms with Crippen LogP contribution in [0.4, 0.5) is 0 Å². The molecule has 7 heteroatoms. The Morgan fingerprint density at radius 2 is 2.44 bits per heavy atom. The van der Waals surface area contributed by atoms with Gasteiger partial charge in [0.05, 0.1) is 12.3 Å². The number of methoxy groups -OCH3 is 1. The van der Waals surface area contributed by atoms with E-state index in [-0.39, 0.29) is 23.4 Å². The van der Waals surface area contributed by atoms with Crippen molar-refractivity contribution in [2.24, 2.45) is 0 Å². The molecule has 16 heavy (non-hydrogen) atoms. The molecule has 0 fully saturated rings. The lowest BCUT2D eigenvalue weighted by atomic mass is 10.3. The highest BCUT2D eigenvalue weighted by molar-refractivity contribution is 5.94. The van der Waals surface area contributed by atoms with Crippen molar-refractivity contribution < 1.29 is 14.6 Å². The van der Waals surface area contributed by atoms with Gasteiger partial charge in [0, 0.05) is 19.4 Å². The second-order valence-corrected chi connectivity index (χ2v) is 3.17. The van der Waals surface area contributed by atoms with Gasteiger partial charge in [-0.05, 0) is 0 Å². The van der Waals surface area contributed by atoms with Gasteiger partial charge >= 0.3 is 5.97 Å². The van der Waals surface area contributed by atoms with Gasteiger partial charge in [0.2, 0.25) is 0 Å². The van der Waals surface area contributed by atoms with Gasteiger partial charge in [-0.3, -0.25) is 9.89 Å². The Hall–Kier alpha value is -2.15. The summed E-state index contributed by atoms with van der Waals surface area (Å²) in [6, 6.07) is 1.29. The maximum absolute atomic E-state index is 11.6. The standard InChI is InChI=1S/C9H9N3O4/c1-16-4-5-2-7(13)12-8(11-5)6(3-10-12)9(14)15/h2-3,10H,4H2,1H3,(H,14,15). The fourth-order valence-electron chi connectivity index (χ4n) is 1.41. The molecule has 2 heterocycles. The zero-order valence-corrected chi connectivity index (χ0v) is 8.43. The summed E-state index contributed by atoms with van der Waals surface area (Å²) in [5.74, 6) is -1.14. The SMILES string of the molecule is COCc1cc(=O)n2[nH]cc(C(=O)O)c2n1. The third-order valence-electron chi connectivity index (χ3n) is 2.07. The zero-order valence-electron chi connectivity index (χ0n) is 8.43. The maximum Gasteiger partial charge on any atom is 0.341 e. The minimum absolute atomic E-state index is 0.0462. The molecular weight excluding hydrogens is 214 g/mol. The number of fused-ring (bicyclic) bond motifs is 1. The van der Waals surface area contributed by atoms with Crippen LogP contribution in [0.15, 0.2) is 17.1 Å². The molecule has 84 valence electrons. The van der Waals surface area contributed by atoms with Crippen molar-refractivity contribution in [1.29, 1.82) is 0 Å². The number of nitrogens with one attached hydrogen (secondary N) is 1. The topological polar surface area (TPSA) is 96.7 Å². The molecule has 0 bridgehead atoms. The third kappa shape index (κ3) is 1.57. The van der Waals surface area contributed by atoms with Crippen LogP contribution >= 0.6 is 0 Å². The molecule has 0 amide bonds. The van der Waals surface area contributed by atoms with Crippen LogP contribution in [-0.2, 0) is 11.3 Å². The molecule has 0 atom stereocenters. The van der Waals surface area contributed by atoms with Crippen LogP contribution in [0.25, 0.3) is 5.65 Å². The van der Waals surface area contributed by atoms with Crippen molar-refractivity contribution in [2.75, 3.05) is 7.11 Å². The minimum Gasteiger partial charge on any atom is -0.477 e. The van der Waals surface area contributed by atoms with Gasteiger partial charge in [-0.25, -0.2) is 14.3 Å². The van der Waals surface area contributed by atoms with E-state index in [9.17, 15) is 9.59 Å². The first-order chi connectivity index (χ1) is 7.63. The molecule has 2 aromatic heterocycles. The van der Waals surface area contributed by atoms with Crippen molar-refractivity contribution >= 4 is 11.6 Å². The van der Waals surface area contributed by atoms with E-state index in [1.54, 1.807) is 0 Å². The van der Waals surface area contributed by atoms with Gasteiger partial charge < -0.3 is 9.84 Å². The number of aromatic amines is 1. The summed E-state index contributed by atoms with van der Waals surface area (Å²) in [4.78, 5) is 26.4. The summed E-state index contributed by atoms with van der Waals surface area (Å²) in [7, 11) is 1.47. The molecule has 2 rings (SSSR count). The van der Waals surface area contributed by atoms with E-state index >= 15 is 0 Å². The first-order valence-corrected chi connectivity index (χ1v) is 4.46. The molecule has 2 aromatic rings. The van der Waals surface area contributed by atoms with Crippen LogP contribution in [0.1, 0.15) is 16.1 Å². The number of carboxylic acid groups (broad SMARTS) is 1. The number of ether oxygens (including phenoxy) is 1. The van der Waals surface area contributed by atoms with Crippen molar-refractivity contribution in [3.8, 4) is 0 Å². The van der Waals surface area contributed by atoms with E-state index in [4.69, 9.17) is 9.84 Å². The van der Waals surface area contributed by atoms with Gasteiger partial charge in [0.1, 0.15) is 5.56 Å². The summed E-state index contributed by atoms with van der Waals surface area (Å²) < 4.78 is 5.91. The van der Waals surface area contributed by atoms with Crippen molar-refractivity contribution in [2.45, 2.75) is 6.61 Å². The van der Waals surface area contributed by atoms with Crippen molar-refractivity contribution in [3.63, 3.8) is 0 Å². The van der Waals surface area contributed by atoms with Crippen LogP contribution in [0.5, 0.6) is 0 Å². The zero-order chi connectivity index (χ0) is 11.7. The lowest BCUT2D eigenvalue weighted by Crippen LogP contribution is -2.16. The highest BCUT2D eigenvalue weighted by Gasteiger charge is 2.13. The summed E-state index contributed by atoms with van der Waals surface area (Å²) >= 11 is 0. The second kappa shape index (κ2) is 3.78. The summed E-state index contributed by atoms with van der Waals surface area (Å²) in [5.41, 5.74) is 0.0706. The predicted molar refractivity (Wildman–Crippen MR) is 53.5 cm³/mol. The number of hydrogen-bond donors (Lipinski definition) is 2. The number of H-pyrrole nitrogens is 1. The van der Waals surface area contributed by atoms with Crippen molar-refractivity contribution in [1.82, 2.24) is 14.6 Å². The van der Waals surface area contributed by atoms with E-state index in [2.05, 4.69) is 10.1 Å². The highest BCUT2D eigenvalue weighted by atomic mass is 16.5. The van der Waals surface area contributed by atoms with Crippen LogP contribution in [0, 0.1) is 0 Å². The monoisotopic (exact) mass is 223 g/mol. The molecule has 0 saturated carbocycles. The molecule has 7 nitrogen and oxygen atoms in total. The number of carboxylic acids is 1. The normalized spacial score (nSPS) is 10.8. The summed E-state index contributed by atoms with van der Waals surface area (Å²) in [6.07, 6.45) is 1.22. The molecule has 0 spiro atoms. The van der Waals surface area contributed by atoms with Gasteiger partial charge in [-0.2, -0.15) is 0 Å². The lowest BCUT2D eigenvalue weighted by molar-refractivity contribution is 0.0698. The number of carbonyl (C=O) groups is 1. The molecule has 0 aliphatic carbocycles. The molecular formula is C9H9N3O4. The molecule has 0 saturated heterocycles. The Morgan fingerprint density at radius 3 is 3.06 bits per heavy atom. The molecule has 0 unspecified atom stereocenters. The van der Waals surface area contributed by atoms with Gasteiger partial charge in [0.15, 0.2) is 5.65 Å². The van der Waals surface area contributed by atoms with Crippen LogP contribution < -0.4 is 5.56 Å². The number of nitrogens with zero attached hydrogens (tertiary/aromatic N) is 2. The Labute approximate surface area is 89.3 Å². The smallest absolute Gasteiger partial charge is 0.341 e.